The molecule has 0 saturated carbocycles. The minimum absolute atomic E-state index is 0.0986. The molecule has 5 heteroatoms. The molecule has 2 heterocycles. The average molecular weight is 250 g/mol. The van der Waals surface area contributed by atoms with Crippen LogP contribution < -0.4 is 0 Å². The van der Waals surface area contributed by atoms with Crippen LogP contribution in [-0.4, -0.2) is 44.7 Å². The van der Waals surface area contributed by atoms with Crippen LogP contribution in [0.5, 0.6) is 5.75 Å². The lowest BCUT2D eigenvalue weighted by Gasteiger charge is -2.22. The standard InChI is InChI=1S/C13H18N2O3/c1-13(18)4-2-7-15(8-5-13)12(17)10-3-6-14-9-11(10)16/h3,6,9,16,18H,2,4-5,7-8H2,1H3. The summed E-state index contributed by atoms with van der Waals surface area (Å²) in [4.78, 5) is 17.7. The van der Waals surface area contributed by atoms with Gasteiger partial charge in [-0.1, -0.05) is 0 Å². The molecule has 1 saturated heterocycles. The summed E-state index contributed by atoms with van der Waals surface area (Å²) in [5.41, 5.74) is -0.429. The quantitative estimate of drug-likeness (QED) is 0.784. The molecule has 0 aromatic carbocycles. The smallest absolute Gasteiger partial charge is 0.257 e. The molecule has 0 spiro atoms. The Bertz CT molecular complexity index is 446. The van der Waals surface area contributed by atoms with E-state index in [2.05, 4.69) is 4.98 Å². The Labute approximate surface area is 106 Å². The maximum Gasteiger partial charge on any atom is 0.257 e. The lowest BCUT2D eigenvalue weighted by molar-refractivity contribution is 0.0437. The number of pyridine rings is 1. The van der Waals surface area contributed by atoms with Crippen molar-refractivity contribution >= 4 is 5.91 Å². The van der Waals surface area contributed by atoms with Gasteiger partial charge >= 0.3 is 0 Å². The van der Waals surface area contributed by atoms with E-state index in [1.165, 1.54) is 18.5 Å². The van der Waals surface area contributed by atoms with E-state index in [0.717, 1.165) is 6.42 Å². The van der Waals surface area contributed by atoms with Crippen LogP contribution >= 0.6 is 0 Å². The molecular formula is C13H18N2O3. The second kappa shape index (κ2) is 4.94. The highest BCUT2D eigenvalue weighted by atomic mass is 16.3. The topological polar surface area (TPSA) is 73.7 Å². The molecule has 1 unspecified atom stereocenters. The Morgan fingerprint density at radius 1 is 1.44 bits per heavy atom. The van der Waals surface area contributed by atoms with Crippen molar-refractivity contribution in [2.24, 2.45) is 0 Å². The van der Waals surface area contributed by atoms with E-state index < -0.39 is 5.60 Å². The van der Waals surface area contributed by atoms with Crippen molar-refractivity contribution in [3.8, 4) is 5.75 Å². The minimum atomic E-state index is -0.699. The Hall–Kier alpha value is -1.62. The molecule has 1 aromatic heterocycles. The van der Waals surface area contributed by atoms with Gasteiger partial charge in [0.1, 0.15) is 5.75 Å². The largest absolute Gasteiger partial charge is 0.505 e. The van der Waals surface area contributed by atoms with Gasteiger partial charge < -0.3 is 15.1 Å². The molecule has 0 bridgehead atoms. The number of rotatable bonds is 1. The summed E-state index contributed by atoms with van der Waals surface area (Å²) >= 11 is 0. The van der Waals surface area contributed by atoms with Gasteiger partial charge in [-0.15, -0.1) is 0 Å². The highest BCUT2D eigenvalue weighted by molar-refractivity contribution is 5.96. The van der Waals surface area contributed by atoms with Gasteiger partial charge in [-0.3, -0.25) is 9.78 Å². The van der Waals surface area contributed by atoms with E-state index >= 15 is 0 Å². The van der Waals surface area contributed by atoms with E-state index in [1.807, 2.05) is 0 Å². The molecule has 2 N–H and O–H groups in total. The molecule has 98 valence electrons. The van der Waals surface area contributed by atoms with Crippen LogP contribution in [-0.2, 0) is 0 Å². The minimum Gasteiger partial charge on any atom is -0.505 e. The molecule has 1 amide bonds. The third-order valence-electron chi connectivity index (χ3n) is 3.38. The van der Waals surface area contributed by atoms with Crippen LogP contribution in [0.25, 0.3) is 0 Å². The van der Waals surface area contributed by atoms with Gasteiger partial charge in [-0.05, 0) is 32.3 Å². The van der Waals surface area contributed by atoms with Crippen LogP contribution in [0.4, 0.5) is 0 Å². The van der Waals surface area contributed by atoms with Crippen LogP contribution in [0.1, 0.15) is 36.5 Å². The van der Waals surface area contributed by atoms with Crippen molar-refractivity contribution in [2.75, 3.05) is 13.1 Å². The van der Waals surface area contributed by atoms with E-state index in [4.69, 9.17) is 0 Å². The predicted molar refractivity (Wildman–Crippen MR) is 66.3 cm³/mol. The molecule has 1 fully saturated rings. The average Bonchev–Trinajstić information content (AvgIpc) is 2.50. The van der Waals surface area contributed by atoms with Gasteiger partial charge in [0, 0.05) is 19.3 Å². The van der Waals surface area contributed by atoms with Crippen molar-refractivity contribution in [3.05, 3.63) is 24.0 Å². The molecule has 1 aromatic rings. The van der Waals surface area contributed by atoms with Crippen molar-refractivity contribution in [3.63, 3.8) is 0 Å². The van der Waals surface area contributed by atoms with Crippen LogP contribution in [0.2, 0.25) is 0 Å². The number of carbonyl (C=O) groups excluding carboxylic acids is 1. The van der Waals surface area contributed by atoms with Crippen LogP contribution in [0.15, 0.2) is 18.5 Å². The summed E-state index contributed by atoms with van der Waals surface area (Å²) in [5.74, 6) is -0.300. The summed E-state index contributed by atoms with van der Waals surface area (Å²) in [6.07, 6.45) is 4.77. The van der Waals surface area contributed by atoms with Gasteiger partial charge in [-0.2, -0.15) is 0 Å². The zero-order valence-corrected chi connectivity index (χ0v) is 10.5. The first-order chi connectivity index (χ1) is 8.49. The molecule has 1 aliphatic rings. The number of amides is 1. The molecule has 0 radical (unpaired) electrons. The fourth-order valence-corrected chi connectivity index (χ4v) is 2.20. The number of carbonyl (C=O) groups is 1. The second-order valence-electron chi connectivity index (χ2n) is 5.04. The van der Waals surface area contributed by atoms with E-state index in [0.29, 0.717) is 25.9 Å². The summed E-state index contributed by atoms with van der Waals surface area (Å²) in [6, 6.07) is 1.51. The number of hydrogen-bond acceptors (Lipinski definition) is 4. The molecule has 0 aliphatic carbocycles. The summed E-state index contributed by atoms with van der Waals surface area (Å²) < 4.78 is 0. The number of aromatic nitrogens is 1. The Morgan fingerprint density at radius 2 is 2.22 bits per heavy atom. The first kappa shape index (κ1) is 12.8. The highest BCUT2D eigenvalue weighted by Gasteiger charge is 2.28. The van der Waals surface area contributed by atoms with Gasteiger partial charge in [0.2, 0.25) is 0 Å². The fraction of sp³-hybridized carbons (Fsp3) is 0.538. The molecular weight excluding hydrogens is 232 g/mol. The van der Waals surface area contributed by atoms with Gasteiger partial charge in [0.15, 0.2) is 0 Å². The maximum atomic E-state index is 12.2. The number of hydrogen-bond donors (Lipinski definition) is 2. The van der Waals surface area contributed by atoms with Gasteiger partial charge in [0.25, 0.3) is 5.91 Å². The van der Waals surface area contributed by atoms with E-state index in [9.17, 15) is 15.0 Å². The fourth-order valence-electron chi connectivity index (χ4n) is 2.20. The molecule has 2 rings (SSSR count). The normalized spacial score (nSPS) is 24.7. The summed E-state index contributed by atoms with van der Waals surface area (Å²) in [6.45, 7) is 2.91. The maximum absolute atomic E-state index is 12.2. The van der Waals surface area contributed by atoms with E-state index in [-0.39, 0.29) is 17.2 Å². The first-order valence-electron chi connectivity index (χ1n) is 6.14. The number of aliphatic hydroxyl groups is 1. The molecule has 1 atom stereocenters. The van der Waals surface area contributed by atoms with Crippen molar-refractivity contribution in [1.29, 1.82) is 0 Å². The molecule has 18 heavy (non-hydrogen) atoms. The first-order valence-corrected chi connectivity index (χ1v) is 6.14. The lowest BCUT2D eigenvalue weighted by Crippen LogP contribution is -2.33. The lowest BCUT2D eigenvalue weighted by atomic mass is 9.98. The Kier molecular flexibility index (Phi) is 3.52. The number of nitrogens with zero attached hydrogens (tertiary/aromatic N) is 2. The Morgan fingerprint density at radius 3 is 2.94 bits per heavy atom. The van der Waals surface area contributed by atoms with Crippen LogP contribution in [0, 0.1) is 0 Å². The summed E-state index contributed by atoms with van der Waals surface area (Å²) in [7, 11) is 0. The number of likely N-dealkylation sites (tertiary alicyclic amines) is 1. The third kappa shape index (κ3) is 2.79. The summed E-state index contributed by atoms with van der Waals surface area (Å²) in [5, 5.41) is 19.6. The zero-order valence-electron chi connectivity index (χ0n) is 10.5. The monoisotopic (exact) mass is 250 g/mol. The van der Waals surface area contributed by atoms with Crippen molar-refractivity contribution in [2.45, 2.75) is 31.8 Å². The van der Waals surface area contributed by atoms with E-state index in [1.54, 1.807) is 11.8 Å². The second-order valence-corrected chi connectivity index (χ2v) is 5.04. The predicted octanol–water partition coefficient (Wildman–Crippen LogP) is 1.16. The third-order valence-corrected chi connectivity index (χ3v) is 3.38. The molecule has 5 nitrogen and oxygen atoms in total. The molecule has 1 aliphatic heterocycles. The number of aromatic hydroxyl groups is 1. The highest BCUT2D eigenvalue weighted by Crippen LogP contribution is 2.24. The van der Waals surface area contributed by atoms with Crippen molar-refractivity contribution in [1.82, 2.24) is 9.88 Å². The Balaban J connectivity index is 2.13. The van der Waals surface area contributed by atoms with Crippen LogP contribution in [0.3, 0.4) is 0 Å². The van der Waals surface area contributed by atoms with Crippen molar-refractivity contribution < 1.29 is 15.0 Å². The zero-order chi connectivity index (χ0) is 13.2. The SMILES string of the molecule is CC1(O)CCCN(C(=O)c2ccncc2O)CC1. The van der Waals surface area contributed by atoms with Gasteiger partial charge in [-0.25, -0.2) is 0 Å². The van der Waals surface area contributed by atoms with Gasteiger partial charge in [0.05, 0.1) is 17.4 Å².